The number of benzene rings is 1. The van der Waals surface area contributed by atoms with Crippen LogP contribution in [0.1, 0.15) is 31.4 Å². The summed E-state index contributed by atoms with van der Waals surface area (Å²) < 4.78 is 22.5. The first kappa shape index (κ1) is 19.4. The van der Waals surface area contributed by atoms with Crippen LogP contribution in [0.4, 0.5) is 0 Å². The second-order valence-corrected chi connectivity index (χ2v) is 7.48. The van der Waals surface area contributed by atoms with Crippen molar-refractivity contribution in [3.63, 3.8) is 0 Å². The molecule has 1 fully saturated rings. The summed E-state index contributed by atoms with van der Waals surface area (Å²) in [4.78, 5) is 2.50. The largest absolute Gasteiger partial charge is 0.317 e. The van der Waals surface area contributed by atoms with Gasteiger partial charge in [0.2, 0.25) is 10.0 Å². The van der Waals surface area contributed by atoms with Crippen molar-refractivity contribution in [2.45, 2.75) is 30.7 Å². The summed E-state index contributed by atoms with van der Waals surface area (Å²) in [7, 11) is -1.48. The summed E-state index contributed by atoms with van der Waals surface area (Å²) >= 11 is 0. The van der Waals surface area contributed by atoms with E-state index >= 15 is 0 Å². The van der Waals surface area contributed by atoms with Crippen molar-refractivity contribution >= 4 is 22.4 Å². The summed E-state index contributed by atoms with van der Waals surface area (Å²) in [5, 5.41) is 8.50. The van der Waals surface area contributed by atoms with E-state index in [1.165, 1.54) is 12.8 Å². The summed E-state index contributed by atoms with van der Waals surface area (Å²) in [5.74, 6) is 0.738. The van der Waals surface area contributed by atoms with Crippen molar-refractivity contribution in [3.05, 3.63) is 29.8 Å². The van der Waals surface area contributed by atoms with Crippen LogP contribution < -0.4 is 10.5 Å². The number of sulfonamides is 1. The first-order valence-electron chi connectivity index (χ1n) is 7.41. The zero-order valence-corrected chi connectivity index (χ0v) is 14.8. The van der Waals surface area contributed by atoms with Gasteiger partial charge in [-0.15, -0.1) is 12.4 Å². The van der Waals surface area contributed by atoms with E-state index in [0.717, 1.165) is 31.1 Å². The summed E-state index contributed by atoms with van der Waals surface area (Å²) in [6, 6.07) is 7.13. The van der Waals surface area contributed by atoms with Crippen molar-refractivity contribution in [1.82, 2.24) is 10.2 Å². The molecule has 3 N–H and O–H groups in total. The molecular weight excluding hydrogens is 322 g/mol. The van der Waals surface area contributed by atoms with Gasteiger partial charge in [-0.25, -0.2) is 13.6 Å². The first-order valence-corrected chi connectivity index (χ1v) is 8.96. The molecule has 1 aromatic rings. The highest BCUT2D eigenvalue weighted by molar-refractivity contribution is 7.89. The average molecular weight is 348 g/mol. The Morgan fingerprint density at radius 1 is 1.27 bits per heavy atom. The fourth-order valence-electron chi connectivity index (χ4n) is 2.82. The molecule has 1 saturated heterocycles. The number of nitrogens with two attached hydrogens (primary N) is 1. The highest BCUT2D eigenvalue weighted by Gasteiger charge is 2.19. The minimum atomic E-state index is -3.61. The maximum Gasteiger partial charge on any atom is 0.238 e. The number of halogens is 1. The molecule has 126 valence electrons. The zero-order valence-electron chi connectivity index (χ0n) is 13.2. The lowest BCUT2D eigenvalue weighted by molar-refractivity contribution is 0.196. The van der Waals surface area contributed by atoms with Crippen molar-refractivity contribution in [2.75, 3.05) is 26.7 Å². The Balaban J connectivity index is 0.00000242. The number of piperidine rings is 1. The van der Waals surface area contributed by atoms with Gasteiger partial charge in [0, 0.05) is 12.6 Å². The van der Waals surface area contributed by atoms with Gasteiger partial charge in [-0.1, -0.05) is 12.1 Å². The molecule has 0 bridgehead atoms. The van der Waals surface area contributed by atoms with Gasteiger partial charge in [0.05, 0.1) is 4.90 Å². The van der Waals surface area contributed by atoms with Crippen molar-refractivity contribution in [1.29, 1.82) is 0 Å². The van der Waals surface area contributed by atoms with Gasteiger partial charge in [-0.2, -0.15) is 0 Å². The standard InChI is InChI=1S/C15H25N3O2S.ClH/c1-12(18(2)11-13-7-9-17-10-8-13)14-3-5-15(6-4-14)21(16,19)20;/h3-6,12-13,17H,7-11H2,1-2H3,(H2,16,19,20);1H. The lowest BCUT2D eigenvalue weighted by atomic mass is 9.96. The summed E-state index contributed by atoms with van der Waals surface area (Å²) in [6.07, 6.45) is 2.45. The van der Waals surface area contributed by atoms with Gasteiger partial charge in [0.25, 0.3) is 0 Å². The Hall–Kier alpha value is -0.660. The van der Waals surface area contributed by atoms with E-state index in [1.54, 1.807) is 12.1 Å². The number of rotatable bonds is 5. The van der Waals surface area contributed by atoms with E-state index in [2.05, 4.69) is 24.2 Å². The Labute approximate surface area is 139 Å². The summed E-state index contributed by atoms with van der Waals surface area (Å²) in [6.45, 7) is 5.43. The maximum atomic E-state index is 11.3. The second kappa shape index (κ2) is 8.26. The van der Waals surface area contributed by atoms with E-state index in [1.807, 2.05) is 12.1 Å². The Kier molecular flexibility index (Phi) is 7.28. The minimum absolute atomic E-state index is 0. The van der Waals surface area contributed by atoms with Gasteiger partial charge in [-0.05, 0) is 63.5 Å². The molecule has 22 heavy (non-hydrogen) atoms. The van der Waals surface area contributed by atoms with Crippen LogP contribution in [0.2, 0.25) is 0 Å². The van der Waals surface area contributed by atoms with Gasteiger partial charge in [0.15, 0.2) is 0 Å². The monoisotopic (exact) mass is 347 g/mol. The van der Waals surface area contributed by atoms with Crippen LogP contribution in [-0.2, 0) is 10.0 Å². The van der Waals surface area contributed by atoms with Crippen LogP contribution in [-0.4, -0.2) is 40.0 Å². The Morgan fingerprint density at radius 2 is 1.82 bits per heavy atom. The lowest BCUT2D eigenvalue weighted by Gasteiger charge is -2.31. The predicted octanol–water partition coefficient (Wildman–Crippen LogP) is 1.75. The molecule has 2 rings (SSSR count). The van der Waals surface area contributed by atoms with E-state index in [0.29, 0.717) is 0 Å². The maximum absolute atomic E-state index is 11.3. The molecule has 5 nitrogen and oxygen atoms in total. The quantitative estimate of drug-likeness (QED) is 0.850. The third-order valence-corrected chi connectivity index (χ3v) is 5.29. The van der Waals surface area contributed by atoms with Gasteiger partial charge >= 0.3 is 0 Å². The molecule has 0 amide bonds. The molecule has 0 spiro atoms. The van der Waals surface area contributed by atoms with Gasteiger partial charge in [-0.3, -0.25) is 4.90 Å². The van der Waals surface area contributed by atoms with Crippen molar-refractivity contribution in [3.8, 4) is 0 Å². The fourth-order valence-corrected chi connectivity index (χ4v) is 3.34. The molecule has 1 atom stereocenters. The average Bonchev–Trinajstić information content (AvgIpc) is 2.46. The van der Waals surface area contributed by atoms with E-state index in [-0.39, 0.29) is 23.3 Å². The molecule has 0 aliphatic carbocycles. The zero-order chi connectivity index (χ0) is 15.5. The molecule has 0 saturated carbocycles. The number of nitrogens with one attached hydrogen (secondary N) is 1. The van der Waals surface area contributed by atoms with Crippen LogP contribution in [0.5, 0.6) is 0 Å². The topological polar surface area (TPSA) is 75.4 Å². The van der Waals surface area contributed by atoms with Crippen LogP contribution in [0.3, 0.4) is 0 Å². The highest BCUT2D eigenvalue weighted by atomic mass is 35.5. The lowest BCUT2D eigenvalue weighted by Crippen LogP contribution is -2.35. The highest BCUT2D eigenvalue weighted by Crippen LogP contribution is 2.23. The molecule has 1 heterocycles. The molecule has 1 aromatic carbocycles. The molecule has 1 aliphatic heterocycles. The van der Waals surface area contributed by atoms with Crippen LogP contribution >= 0.6 is 12.4 Å². The Morgan fingerprint density at radius 3 is 2.32 bits per heavy atom. The molecule has 1 unspecified atom stereocenters. The molecule has 0 aromatic heterocycles. The van der Waals surface area contributed by atoms with Crippen molar-refractivity contribution < 1.29 is 8.42 Å². The molecule has 7 heteroatoms. The van der Waals surface area contributed by atoms with Crippen LogP contribution in [0.15, 0.2) is 29.2 Å². The van der Waals surface area contributed by atoms with E-state index in [9.17, 15) is 8.42 Å². The second-order valence-electron chi connectivity index (χ2n) is 5.92. The fraction of sp³-hybridized carbons (Fsp3) is 0.600. The first-order chi connectivity index (χ1) is 9.88. The van der Waals surface area contributed by atoms with Crippen LogP contribution in [0, 0.1) is 5.92 Å². The smallest absolute Gasteiger partial charge is 0.238 e. The number of hydrogen-bond donors (Lipinski definition) is 2. The summed E-state index contributed by atoms with van der Waals surface area (Å²) in [5.41, 5.74) is 1.11. The Bertz CT molecular complexity index is 557. The third-order valence-electron chi connectivity index (χ3n) is 4.36. The normalized spacial score (nSPS) is 18.0. The molecule has 0 radical (unpaired) electrons. The van der Waals surface area contributed by atoms with Crippen molar-refractivity contribution in [2.24, 2.45) is 11.1 Å². The van der Waals surface area contributed by atoms with E-state index < -0.39 is 10.0 Å². The SMILES string of the molecule is CC(c1ccc(S(N)(=O)=O)cc1)N(C)CC1CCNCC1.Cl. The number of primary sulfonamides is 1. The third kappa shape index (κ3) is 5.21. The van der Waals surface area contributed by atoms with Gasteiger partial charge in [0.1, 0.15) is 0 Å². The minimum Gasteiger partial charge on any atom is -0.317 e. The predicted molar refractivity (Wildman–Crippen MR) is 91.7 cm³/mol. The molecular formula is C15H26ClN3O2S. The van der Waals surface area contributed by atoms with E-state index in [4.69, 9.17) is 5.14 Å². The van der Waals surface area contributed by atoms with Gasteiger partial charge < -0.3 is 5.32 Å². The molecule has 1 aliphatic rings. The number of hydrogen-bond acceptors (Lipinski definition) is 4. The van der Waals surface area contributed by atoms with Crippen LogP contribution in [0.25, 0.3) is 0 Å². The number of nitrogens with zero attached hydrogens (tertiary/aromatic N) is 1.